The Labute approximate surface area is 165 Å². The maximum absolute atomic E-state index is 12.9. The number of sulfone groups is 2. The summed E-state index contributed by atoms with van der Waals surface area (Å²) in [5.41, 5.74) is 2.64. The van der Waals surface area contributed by atoms with Gasteiger partial charge in [0.1, 0.15) is 11.0 Å². The minimum Gasteiger partial charge on any atom is -0.265 e. The lowest BCUT2D eigenvalue weighted by molar-refractivity contribution is 0.486. The standard InChI is InChI=1S/C19H21N3O4S2/c1-13-4-6-17(7-5-13)28(25,26)18(11-20)10-19-14(2)21-22(15(19)3)16-8-9-27(23,24)12-16/h4-7,10,16H,8-9,12H2,1-3H3/b18-10+/t16-/m1/s1. The van der Waals surface area contributed by atoms with Crippen molar-refractivity contribution in [2.45, 2.75) is 38.1 Å². The fourth-order valence-electron chi connectivity index (χ4n) is 3.35. The van der Waals surface area contributed by atoms with Crippen molar-refractivity contribution >= 4 is 25.8 Å². The molecule has 3 rings (SSSR count). The molecule has 148 valence electrons. The maximum atomic E-state index is 12.9. The molecule has 2 heterocycles. The van der Waals surface area contributed by atoms with Gasteiger partial charge in [0, 0.05) is 11.3 Å². The van der Waals surface area contributed by atoms with Crippen LogP contribution in [0.25, 0.3) is 6.08 Å². The Kier molecular flexibility index (Phi) is 5.21. The smallest absolute Gasteiger partial charge is 0.216 e. The first kappa shape index (κ1) is 20.3. The van der Waals surface area contributed by atoms with E-state index >= 15 is 0 Å². The lowest BCUT2D eigenvalue weighted by Gasteiger charge is -2.11. The first-order valence-electron chi connectivity index (χ1n) is 8.75. The molecular weight excluding hydrogens is 398 g/mol. The van der Waals surface area contributed by atoms with E-state index in [1.807, 2.05) is 6.92 Å². The van der Waals surface area contributed by atoms with E-state index in [9.17, 15) is 22.1 Å². The number of hydrogen-bond acceptors (Lipinski definition) is 6. The van der Waals surface area contributed by atoms with Gasteiger partial charge in [0.25, 0.3) is 0 Å². The number of aromatic nitrogens is 2. The fraction of sp³-hybridized carbons (Fsp3) is 0.368. The molecule has 9 heteroatoms. The lowest BCUT2D eigenvalue weighted by atomic mass is 10.1. The van der Waals surface area contributed by atoms with Gasteiger partial charge in [-0.25, -0.2) is 16.8 Å². The van der Waals surface area contributed by atoms with Gasteiger partial charge in [-0.15, -0.1) is 0 Å². The summed E-state index contributed by atoms with van der Waals surface area (Å²) in [5.74, 6) is 0.136. The molecule has 0 saturated carbocycles. The monoisotopic (exact) mass is 419 g/mol. The van der Waals surface area contributed by atoms with E-state index in [0.717, 1.165) is 5.56 Å². The summed E-state index contributed by atoms with van der Waals surface area (Å²) in [7, 11) is -7.04. The van der Waals surface area contributed by atoms with Crippen LogP contribution in [0.2, 0.25) is 0 Å². The highest BCUT2D eigenvalue weighted by molar-refractivity contribution is 7.95. The molecule has 1 aliphatic heterocycles. The summed E-state index contributed by atoms with van der Waals surface area (Å²) in [6, 6.07) is 7.82. The van der Waals surface area contributed by atoms with E-state index in [2.05, 4.69) is 5.10 Å². The number of nitrogens with zero attached hydrogens (tertiary/aromatic N) is 3. The minimum absolute atomic E-state index is 0.0187. The van der Waals surface area contributed by atoms with E-state index in [1.165, 1.54) is 18.2 Å². The van der Waals surface area contributed by atoms with Crippen molar-refractivity contribution in [3.63, 3.8) is 0 Å². The number of hydrogen-bond donors (Lipinski definition) is 0. The zero-order valence-corrected chi connectivity index (χ0v) is 17.5. The normalized spacial score (nSPS) is 19.5. The van der Waals surface area contributed by atoms with Gasteiger partial charge in [-0.3, -0.25) is 4.68 Å². The Bertz CT molecular complexity index is 1200. The van der Waals surface area contributed by atoms with Crippen LogP contribution in [-0.2, 0) is 19.7 Å². The molecule has 1 atom stereocenters. The van der Waals surface area contributed by atoms with Crippen LogP contribution in [0.3, 0.4) is 0 Å². The highest BCUT2D eigenvalue weighted by Gasteiger charge is 2.31. The molecule has 0 aliphatic carbocycles. The van der Waals surface area contributed by atoms with E-state index in [4.69, 9.17) is 0 Å². The van der Waals surface area contributed by atoms with Crippen LogP contribution in [0, 0.1) is 32.1 Å². The molecule has 0 bridgehead atoms. The summed E-state index contributed by atoms with van der Waals surface area (Å²) in [6.07, 6.45) is 1.80. The second-order valence-corrected chi connectivity index (χ2v) is 11.2. The highest BCUT2D eigenvalue weighted by atomic mass is 32.2. The molecular formula is C19H21N3O4S2. The molecule has 1 aliphatic rings. The molecule has 1 saturated heterocycles. The molecule has 0 unspecified atom stereocenters. The van der Waals surface area contributed by atoms with Crippen molar-refractivity contribution in [1.82, 2.24) is 9.78 Å². The third-order valence-electron chi connectivity index (χ3n) is 4.94. The van der Waals surface area contributed by atoms with Crippen LogP contribution in [0.1, 0.15) is 35.0 Å². The molecule has 1 aromatic carbocycles. The third-order valence-corrected chi connectivity index (χ3v) is 8.37. The molecule has 1 fully saturated rings. The summed E-state index contributed by atoms with van der Waals surface area (Å²) in [6.45, 7) is 5.32. The number of rotatable bonds is 4. The average Bonchev–Trinajstić information content (AvgIpc) is 3.12. The Morgan fingerprint density at radius 2 is 1.89 bits per heavy atom. The first-order valence-corrected chi connectivity index (χ1v) is 12.1. The van der Waals surface area contributed by atoms with E-state index in [1.54, 1.807) is 36.7 Å². The molecule has 0 amide bonds. The molecule has 1 aromatic heterocycles. The molecule has 2 aromatic rings. The minimum atomic E-state index is -3.96. The summed E-state index contributed by atoms with van der Waals surface area (Å²) in [4.78, 5) is -0.323. The van der Waals surface area contributed by atoms with Crippen LogP contribution in [0.5, 0.6) is 0 Å². The van der Waals surface area contributed by atoms with Crippen LogP contribution in [-0.4, -0.2) is 38.1 Å². The quantitative estimate of drug-likeness (QED) is 0.704. The second-order valence-electron chi connectivity index (χ2n) is 7.02. The topological polar surface area (TPSA) is 110 Å². The van der Waals surface area contributed by atoms with Crippen molar-refractivity contribution in [3.8, 4) is 6.07 Å². The molecule has 28 heavy (non-hydrogen) atoms. The van der Waals surface area contributed by atoms with Crippen molar-refractivity contribution in [1.29, 1.82) is 5.26 Å². The van der Waals surface area contributed by atoms with Crippen molar-refractivity contribution in [3.05, 3.63) is 51.7 Å². The predicted molar refractivity (Wildman–Crippen MR) is 106 cm³/mol. The number of aryl methyl sites for hydroxylation is 2. The number of nitriles is 1. The molecule has 0 N–H and O–H groups in total. The SMILES string of the molecule is Cc1ccc(S(=O)(=O)/C(C#N)=C/c2c(C)nn([C@@H]3CCS(=O)(=O)C3)c2C)cc1. The van der Waals surface area contributed by atoms with Gasteiger partial charge in [-0.05, 0) is 45.4 Å². The van der Waals surface area contributed by atoms with Gasteiger partial charge >= 0.3 is 0 Å². The van der Waals surface area contributed by atoms with Crippen molar-refractivity contribution in [2.24, 2.45) is 0 Å². The van der Waals surface area contributed by atoms with Gasteiger partial charge in [-0.1, -0.05) is 17.7 Å². The van der Waals surface area contributed by atoms with Crippen LogP contribution < -0.4 is 0 Å². The van der Waals surface area contributed by atoms with Gasteiger partial charge in [0.2, 0.25) is 9.84 Å². The molecule has 7 nitrogen and oxygen atoms in total. The summed E-state index contributed by atoms with van der Waals surface area (Å²) < 4.78 is 50.9. The fourth-order valence-corrected chi connectivity index (χ4v) is 6.19. The number of benzene rings is 1. The summed E-state index contributed by atoms with van der Waals surface area (Å²) in [5, 5.41) is 13.9. The van der Waals surface area contributed by atoms with Gasteiger partial charge < -0.3 is 0 Å². The Balaban J connectivity index is 2.04. The second kappa shape index (κ2) is 7.18. The summed E-state index contributed by atoms with van der Waals surface area (Å²) >= 11 is 0. The zero-order valence-electron chi connectivity index (χ0n) is 15.9. The van der Waals surface area contributed by atoms with Crippen LogP contribution in [0.15, 0.2) is 34.1 Å². The Morgan fingerprint density at radius 3 is 2.43 bits per heavy atom. The first-order chi connectivity index (χ1) is 13.0. The van der Waals surface area contributed by atoms with Gasteiger partial charge in [0.15, 0.2) is 9.84 Å². The third kappa shape index (κ3) is 3.75. The van der Waals surface area contributed by atoms with Crippen LogP contribution >= 0.6 is 0 Å². The van der Waals surface area contributed by atoms with E-state index < -0.39 is 19.7 Å². The van der Waals surface area contributed by atoms with Crippen molar-refractivity contribution in [2.75, 3.05) is 11.5 Å². The zero-order chi connectivity index (χ0) is 20.7. The molecule has 0 radical (unpaired) electrons. The van der Waals surface area contributed by atoms with E-state index in [0.29, 0.717) is 23.4 Å². The van der Waals surface area contributed by atoms with Gasteiger partial charge in [-0.2, -0.15) is 10.4 Å². The maximum Gasteiger partial charge on any atom is 0.216 e. The van der Waals surface area contributed by atoms with Crippen LogP contribution in [0.4, 0.5) is 0 Å². The van der Waals surface area contributed by atoms with Crippen molar-refractivity contribution < 1.29 is 16.8 Å². The van der Waals surface area contributed by atoms with Gasteiger partial charge in [0.05, 0.1) is 28.1 Å². The molecule has 0 spiro atoms. The number of allylic oxidation sites excluding steroid dienone is 1. The largest absolute Gasteiger partial charge is 0.265 e. The highest BCUT2D eigenvalue weighted by Crippen LogP contribution is 2.29. The predicted octanol–water partition coefficient (Wildman–Crippen LogP) is 2.51. The lowest BCUT2D eigenvalue weighted by Crippen LogP contribution is -2.14. The Hall–Kier alpha value is -2.44. The van der Waals surface area contributed by atoms with E-state index in [-0.39, 0.29) is 27.3 Å². The Morgan fingerprint density at radius 1 is 1.25 bits per heavy atom. The average molecular weight is 420 g/mol.